The molecule has 1 atom stereocenters. The van der Waals surface area contributed by atoms with Gasteiger partial charge < -0.3 is 10.1 Å². The Kier molecular flexibility index (Phi) is 8.65. The van der Waals surface area contributed by atoms with Crippen LogP contribution in [0.25, 0.3) is 0 Å². The summed E-state index contributed by atoms with van der Waals surface area (Å²) >= 11 is 0. The predicted octanol–water partition coefficient (Wildman–Crippen LogP) is 1.68. The number of benzene rings is 2. The Labute approximate surface area is 190 Å². The molecule has 0 aliphatic heterocycles. The molecule has 9 nitrogen and oxygen atoms in total. The molecule has 2 rings (SSSR count). The van der Waals surface area contributed by atoms with Crippen LogP contribution >= 0.6 is 0 Å². The fourth-order valence-corrected chi connectivity index (χ4v) is 5.13. The lowest BCUT2D eigenvalue weighted by molar-refractivity contribution is -0.122. The summed E-state index contributed by atoms with van der Waals surface area (Å²) in [5.41, 5.74) is 0.418. The van der Waals surface area contributed by atoms with Crippen LogP contribution in [0.1, 0.15) is 13.3 Å². The van der Waals surface area contributed by atoms with Crippen LogP contribution in [-0.2, 0) is 24.8 Å². The molecule has 0 bridgehead atoms. The number of hydrogen-bond donors (Lipinski definition) is 1. The molecule has 2 aromatic rings. The zero-order valence-electron chi connectivity index (χ0n) is 18.6. The van der Waals surface area contributed by atoms with E-state index in [0.29, 0.717) is 11.4 Å². The van der Waals surface area contributed by atoms with Crippen molar-refractivity contribution in [1.29, 1.82) is 0 Å². The lowest BCUT2D eigenvalue weighted by atomic mass is 10.2. The maximum atomic E-state index is 12.7. The van der Waals surface area contributed by atoms with E-state index in [1.165, 1.54) is 38.4 Å². The molecular formula is C21H29N3O6S2. The van der Waals surface area contributed by atoms with E-state index >= 15 is 0 Å². The fraction of sp³-hybridized carbons (Fsp3) is 0.381. The summed E-state index contributed by atoms with van der Waals surface area (Å²) in [6.07, 6.45) is 1.36. The van der Waals surface area contributed by atoms with Gasteiger partial charge in [0, 0.05) is 14.1 Å². The number of nitrogens with zero attached hydrogens (tertiary/aromatic N) is 2. The van der Waals surface area contributed by atoms with Gasteiger partial charge in [0.05, 0.1) is 23.4 Å². The van der Waals surface area contributed by atoms with E-state index in [2.05, 4.69) is 5.32 Å². The van der Waals surface area contributed by atoms with Crippen molar-refractivity contribution in [3.05, 3.63) is 54.6 Å². The molecule has 0 aliphatic rings. The molecule has 1 N–H and O–H groups in total. The number of anilines is 1. The number of nitrogens with one attached hydrogen (secondary N) is 1. The first-order valence-corrected chi connectivity index (χ1v) is 13.2. The van der Waals surface area contributed by atoms with Crippen molar-refractivity contribution in [2.75, 3.05) is 37.8 Å². The van der Waals surface area contributed by atoms with Gasteiger partial charge in [0.25, 0.3) is 0 Å². The number of ether oxygens (including phenoxy) is 1. The van der Waals surface area contributed by atoms with Crippen LogP contribution in [0, 0.1) is 0 Å². The van der Waals surface area contributed by atoms with E-state index in [4.69, 9.17) is 4.74 Å². The lowest BCUT2D eigenvalue weighted by Gasteiger charge is -2.30. The van der Waals surface area contributed by atoms with Gasteiger partial charge in [0.1, 0.15) is 18.4 Å². The third-order valence-corrected chi connectivity index (χ3v) is 7.62. The standard InChI is InChI=1S/C21H29N3O6S2/c1-5-20(24(31(4,26)27)17-9-7-6-8-10-17)21(25)22-15-16-30-18-11-13-19(14-12-18)32(28,29)23(2)3/h6-14,20H,5,15-16H2,1-4H3,(H,22,25)/t20-/m1/s1. The van der Waals surface area contributed by atoms with Crippen LogP contribution in [0.2, 0.25) is 0 Å². The first-order valence-electron chi connectivity index (χ1n) is 9.96. The van der Waals surface area contributed by atoms with Crippen molar-refractivity contribution in [3.8, 4) is 5.75 Å². The van der Waals surface area contributed by atoms with Gasteiger partial charge in [-0.1, -0.05) is 25.1 Å². The largest absolute Gasteiger partial charge is 0.492 e. The van der Waals surface area contributed by atoms with E-state index in [1.54, 1.807) is 37.3 Å². The molecule has 0 spiro atoms. The van der Waals surface area contributed by atoms with Crippen LogP contribution < -0.4 is 14.4 Å². The van der Waals surface area contributed by atoms with Crippen molar-refractivity contribution >= 4 is 31.6 Å². The normalized spacial score (nSPS) is 12.9. The molecule has 2 aromatic carbocycles. The van der Waals surface area contributed by atoms with Crippen molar-refractivity contribution in [1.82, 2.24) is 9.62 Å². The Morgan fingerprint density at radius 2 is 1.59 bits per heavy atom. The van der Waals surface area contributed by atoms with Crippen molar-refractivity contribution in [2.45, 2.75) is 24.3 Å². The van der Waals surface area contributed by atoms with Crippen molar-refractivity contribution in [2.24, 2.45) is 0 Å². The molecular weight excluding hydrogens is 454 g/mol. The van der Waals surface area contributed by atoms with Crippen LogP contribution in [0.5, 0.6) is 5.75 Å². The molecule has 176 valence electrons. The summed E-state index contributed by atoms with van der Waals surface area (Å²) in [6, 6.07) is 13.5. The highest BCUT2D eigenvalue weighted by Gasteiger charge is 2.31. The Bertz CT molecular complexity index is 1100. The highest BCUT2D eigenvalue weighted by molar-refractivity contribution is 7.92. The highest BCUT2D eigenvalue weighted by atomic mass is 32.2. The van der Waals surface area contributed by atoms with Crippen molar-refractivity contribution < 1.29 is 26.4 Å². The first-order chi connectivity index (χ1) is 15.0. The monoisotopic (exact) mass is 483 g/mol. The SMILES string of the molecule is CC[C@H](C(=O)NCCOc1ccc(S(=O)(=O)N(C)C)cc1)N(c1ccccc1)S(C)(=O)=O. The maximum Gasteiger partial charge on any atom is 0.244 e. The van der Waals surface area contributed by atoms with Gasteiger partial charge in [0.2, 0.25) is 26.0 Å². The molecule has 32 heavy (non-hydrogen) atoms. The quantitative estimate of drug-likeness (QED) is 0.487. The Hall–Kier alpha value is -2.63. The van der Waals surface area contributed by atoms with Crippen LogP contribution in [0.3, 0.4) is 0 Å². The zero-order valence-corrected chi connectivity index (χ0v) is 20.2. The molecule has 0 heterocycles. The maximum absolute atomic E-state index is 12.7. The minimum Gasteiger partial charge on any atom is -0.492 e. The van der Waals surface area contributed by atoms with Gasteiger partial charge in [-0.25, -0.2) is 21.1 Å². The molecule has 0 fully saturated rings. The van der Waals surface area contributed by atoms with E-state index in [-0.39, 0.29) is 24.5 Å². The Balaban J connectivity index is 1.98. The summed E-state index contributed by atoms with van der Waals surface area (Å²) in [7, 11) is -4.29. The predicted molar refractivity (Wildman–Crippen MR) is 124 cm³/mol. The molecule has 0 aromatic heterocycles. The number of carbonyl (C=O) groups is 1. The molecule has 0 unspecified atom stereocenters. The Morgan fingerprint density at radius 3 is 2.09 bits per heavy atom. The van der Waals surface area contributed by atoms with Gasteiger partial charge >= 0.3 is 0 Å². The minimum absolute atomic E-state index is 0.131. The first kappa shape index (κ1) is 25.6. The van der Waals surface area contributed by atoms with Gasteiger partial charge in [0.15, 0.2) is 0 Å². The molecule has 11 heteroatoms. The highest BCUT2D eigenvalue weighted by Crippen LogP contribution is 2.22. The van der Waals surface area contributed by atoms with E-state index in [9.17, 15) is 21.6 Å². The summed E-state index contributed by atoms with van der Waals surface area (Å²) in [4.78, 5) is 12.9. The number of hydrogen-bond acceptors (Lipinski definition) is 6. The minimum atomic E-state index is -3.68. The zero-order chi connectivity index (χ0) is 23.9. The molecule has 1 amide bonds. The number of rotatable bonds is 11. The van der Waals surface area contributed by atoms with Crippen LogP contribution in [0.15, 0.2) is 59.5 Å². The average molecular weight is 484 g/mol. The van der Waals surface area contributed by atoms with Gasteiger partial charge in [-0.15, -0.1) is 0 Å². The summed E-state index contributed by atoms with van der Waals surface area (Å²) in [5, 5.41) is 2.70. The molecule has 0 aliphatic carbocycles. The van der Waals surface area contributed by atoms with Gasteiger partial charge in [-0.05, 0) is 42.8 Å². The summed E-state index contributed by atoms with van der Waals surface area (Å²) in [5.74, 6) is 0.0175. The number of carbonyl (C=O) groups excluding carboxylic acids is 1. The number of amides is 1. The third-order valence-electron chi connectivity index (χ3n) is 4.61. The van der Waals surface area contributed by atoms with E-state index in [0.717, 1.165) is 14.9 Å². The smallest absolute Gasteiger partial charge is 0.244 e. The van der Waals surface area contributed by atoms with Crippen molar-refractivity contribution in [3.63, 3.8) is 0 Å². The topological polar surface area (TPSA) is 113 Å². The number of para-hydroxylation sites is 1. The van der Waals surface area contributed by atoms with Crippen LogP contribution in [-0.4, -0.2) is 66.6 Å². The average Bonchev–Trinajstić information content (AvgIpc) is 2.74. The summed E-state index contributed by atoms with van der Waals surface area (Å²) in [6.45, 7) is 2.02. The van der Waals surface area contributed by atoms with E-state index in [1.807, 2.05) is 0 Å². The summed E-state index contributed by atoms with van der Waals surface area (Å²) < 4.78 is 56.7. The lowest BCUT2D eigenvalue weighted by Crippen LogP contribution is -2.49. The molecule has 0 radical (unpaired) electrons. The van der Waals surface area contributed by atoms with E-state index < -0.39 is 32.0 Å². The second kappa shape index (κ2) is 10.8. The molecule has 0 saturated carbocycles. The van der Waals surface area contributed by atoms with Crippen LogP contribution in [0.4, 0.5) is 5.69 Å². The van der Waals surface area contributed by atoms with Gasteiger partial charge in [-0.3, -0.25) is 9.10 Å². The second-order valence-corrected chi connectivity index (χ2v) is 11.2. The second-order valence-electron chi connectivity index (χ2n) is 7.22. The van der Waals surface area contributed by atoms with Gasteiger partial charge in [-0.2, -0.15) is 0 Å². The molecule has 0 saturated heterocycles. The number of sulfonamides is 2. The Morgan fingerprint density at radius 1 is 1.00 bits per heavy atom. The third kappa shape index (κ3) is 6.44. The fourth-order valence-electron chi connectivity index (χ4n) is 3.01.